The molecule has 1 aliphatic rings. The first kappa shape index (κ1) is 22.3. The predicted octanol–water partition coefficient (Wildman–Crippen LogP) is 0.625. The van der Waals surface area contributed by atoms with E-state index >= 15 is 0 Å². The van der Waals surface area contributed by atoms with E-state index in [1.807, 2.05) is 45.1 Å². The highest BCUT2D eigenvalue weighted by molar-refractivity contribution is 5.77. The van der Waals surface area contributed by atoms with Crippen molar-refractivity contribution in [2.24, 2.45) is 5.73 Å². The van der Waals surface area contributed by atoms with Gasteiger partial charge in [-0.25, -0.2) is 4.79 Å². The maximum atomic E-state index is 11.4. The SMILES string of the molecule is CC.CC1/C=C\C=C/C/C(CC(O)(CC(N)C(O)O)C(=O)O)=C\N1. The molecule has 7 heteroatoms. The molecule has 7 N–H and O–H groups in total. The zero-order valence-corrected chi connectivity index (χ0v) is 14.5. The van der Waals surface area contributed by atoms with Crippen molar-refractivity contribution in [3.05, 3.63) is 36.1 Å². The van der Waals surface area contributed by atoms with Crippen LogP contribution in [0.5, 0.6) is 0 Å². The average molecular weight is 342 g/mol. The molecule has 0 bridgehead atoms. The molecule has 1 rings (SSSR count). The van der Waals surface area contributed by atoms with E-state index in [4.69, 9.17) is 15.9 Å². The Morgan fingerprint density at radius 1 is 1.42 bits per heavy atom. The molecule has 0 aliphatic carbocycles. The van der Waals surface area contributed by atoms with Crippen LogP contribution in [0.1, 0.15) is 40.0 Å². The molecule has 3 atom stereocenters. The molecular weight excluding hydrogens is 312 g/mol. The van der Waals surface area contributed by atoms with Gasteiger partial charge in [-0.3, -0.25) is 0 Å². The lowest BCUT2D eigenvalue weighted by Crippen LogP contribution is -2.48. The summed E-state index contributed by atoms with van der Waals surface area (Å²) >= 11 is 0. The Morgan fingerprint density at radius 3 is 2.58 bits per heavy atom. The van der Waals surface area contributed by atoms with Gasteiger partial charge in [0.1, 0.15) is 0 Å². The smallest absolute Gasteiger partial charge is 0.336 e. The van der Waals surface area contributed by atoms with Gasteiger partial charge < -0.3 is 31.5 Å². The van der Waals surface area contributed by atoms with E-state index in [9.17, 15) is 15.0 Å². The monoisotopic (exact) mass is 342 g/mol. The maximum Gasteiger partial charge on any atom is 0.336 e. The molecule has 138 valence electrons. The Hall–Kier alpha value is -1.67. The van der Waals surface area contributed by atoms with Crippen molar-refractivity contribution in [2.45, 2.75) is 64.0 Å². The Kier molecular flexibility index (Phi) is 10.2. The Balaban J connectivity index is 0.00000254. The van der Waals surface area contributed by atoms with Crippen molar-refractivity contribution in [3.63, 3.8) is 0 Å². The molecule has 0 radical (unpaired) electrons. The number of hydrogen-bond donors (Lipinski definition) is 6. The second-order valence-corrected chi connectivity index (χ2v) is 5.57. The molecule has 0 aromatic carbocycles. The number of carboxylic acid groups (broad SMARTS) is 1. The van der Waals surface area contributed by atoms with E-state index in [2.05, 4.69) is 5.32 Å². The molecule has 0 aromatic heterocycles. The minimum Gasteiger partial charge on any atom is -0.479 e. The highest BCUT2D eigenvalue weighted by atomic mass is 16.5. The minimum absolute atomic E-state index is 0.0668. The number of aliphatic carboxylic acids is 1. The number of rotatable bonds is 6. The van der Waals surface area contributed by atoms with Crippen LogP contribution in [0, 0.1) is 0 Å². The van der Waals surface area contributed by atoms with Crippen molar-refractivity contribution in [1.82, 2.24) is 5.32 Å². The van der Waals surface area contributed by atoms with Crippen molar-refractivity contribution >= 4 is 5.97 Å². The van der Waals surface area contributed by atoms with E-state index in [0.717, 1.165) is 0 Å². The van der Waals surface area contributed by atoms with Crippen LogP contribution in [0.2, 0.25) is 0 Å². The second kappa shape index (κ2) is 11.0. The molecule has 3 unspecified atom stereocenters. The van der Waals surface area contributed by atoms with Gasteiger partial charge in [0.2, 0.25) is 0 Å². The summed E-state index contributed by atoms with van der Waals surface area (Å²) in [6.07, 6.45) is 7.17. The summed E-state index contributed by atoms with van der Waals surface area (Å²) in [6.45, 7) is 5.94. The van der Waals surface area contributed by atoms with Crippen molar-refractivity contribution in [2.75, 3.05) is 0 Å². The summed E-state index contributed by atoms with van der Waals surface area (Å²) in [5.41, 5.74) is 3.99. The summed E-state index contributed by atoms with van der Waals surface area (Å²) in [6, 6.07) is -1.18. The highest BCUT2D eigenvalue weighted by Crippen LogP contribution is 2.25. The van der Waals surface area contributed by atoms with Crippen LogP contribution >= 0.6 is 0 Å². The molecule has 0 amide bonds. The molecule has 0 spiro atoms. The van der Waals surface area contributed by atoms with Gasteiger partial charge in [-0.15, -0.1) is 0 Å². The van der Waals surface area contributed by atoms with Crippen LogP contribution in [0.4, 0.5) is 0 Å². The van der Waals surface area contributed by atoms with Crippen LogP contribution in [-0.2, 0) is 4.79 Å². The van der Waals surface area contributed by atoms with E-state index in [1.165, 1.54) is 0 Å². The molecule has 0 saturated carbocycles. The Labute approximate surface area is 143 Å². The fourth-order valence-electron chi connectivity index (χ4n) is 2.12. The molecule has 1 heterocycles. The Morgan fingerprint density at radius 2 is 2.04 bits per heavy atom. The minimum atomic E-state index is -2.16. The summed E-state index contributed by atoms with van der Waals surface area (Å²) in [7, 11) is 0. The lowest BCUT2D eigenvalue weighted by Gasteiger charge is -2.28. The number of aliphatic hydroxyl groups is 3. The van der Waals surface area contributed by atoms with E-state index < -0.39 is 30.3 Å². The number of carboxylic acids is 1. The second-order valence-electron chi connectivity index (χ2n) is 5.57. The van der Waals surface area contributed by atoms with Gasteiger partial charge in [0.25, 0.3) is 0 Å². The first-order valence-electron chi connectivity index (χ1n) is 8.09. The maximum absolute atomic E-state index is 11.4. The largest absolute Gasteiger partial charge is 0.479 e. The van der Waals surface area contributed by atoms with E-state index in [-0.39, 0.29) is 12.5 Å². The number of aliphatic hydroxyl groups excluding tert-OH is 1. The van der Waals surface area contributed by atoms with Crippen LogP contribution in [0.25, 0.3) is 0 Å². The van der Waals surface area contributed by atoms with Crippen molar-refractivity contribution < 1.29 is 25.2 Å². The number of nitrogens with two attached hydrogens (primary N) is 1. The zero-order valence-electron chi connectivity index (χ0n) is 14.5. The molecular formula is C17H30N2O5. The lowest BCUT2D eigenvalue weighted by atomic mass is 9.87. The fraction of sp³-hybridized carbons (Fsp3) is 0.588. The normalized spacial score (nSPS) is 26.0. The van der Waals surface area contributed by atoms with Gasteiger partial charge in [0.15, 0.2) is 11.9 Å². The number of nitrogens with one attached hydrogen (secondary N) is 1. The van der Waals surface area contributed by atoms with Gasteiger partial charge in [-0.2, -0.15) is 0 Å². The topological polar surface area (TPSA) is 136 Å². The Bertz CT molecular complexity index is 474. The van der Waals surface area contributed by atoms with E-state index in [0.29, 0.717) is 12.0 Å². The number of carbonyl (C=O) groups is 1. The van der Waals surface area contributed by atoms with Crippen LogP contribution < -0.4 is 11.1 Å². The van der Waals surface area contributed by atoms with E-state index in [1.54, 1.807) is 6.20 Å². The highest BCUT2D eigenvalue weighted by Gasteiger charge is 2.39. The van der Waals surface area contributed by atoms with Crippen LogP contribution in [0.3, 0.4) is 0 Å². The summed E-state index contributed by atoms with van der Waals surface area (Å²) in [5.74, 6) is -1.44. The van der Waals surface area contributed by atoms with Crippen LogP contribution in [-0.4, -0.2) is 50.4 Å². The zero-order chi connectivity index (χ0) is 18.8. The van der Waals surface area contributed by atoms with Crippen molar-refractivity contribution in [3.8, 4) is 0 Å². The predicted molar refractivity (Wildman–Crippen MR) is 92.9 cm³/mol. The lowest BCUT2D eigenvalue weighted by molar-refractivity contribution is -0.162. The first-order chi connectivity index (χ1) is 11.2. The third-order valence-corrected chi connectivity index (χ3v) is 3.45. The fourth-order valence-corrected chi connectivity index (χ4v) is 2.12. The van der Waals surface area contributed by atoms with Gasteiger partial charge in [-0.05, 0) is 25.1 Å². The van der Waals surface area contributed by atoms with Gasteiger partial charge in [0, 0.05) is 18.9 Å². The molecule has 0 saturated heterocycles. The standard InChI is InChI=1S/C15H24N2O5.C2H6/c1-10-5-3-2-4-6-11(9-17-10)7-15(22,14(20)21)8-12(16)13(18)19;1-2/h2-5,9-10,12-13,17-19,22H,6-8,16H2,1H3,(H,20,21);1-2H3/b4-2-,5-3-,11-9+;. The quantitative estimate of drug-likeness (QED) is 0.389. The van der Waals surface area contributed by atoms with Crippen LogP contribution in [0.15, 0.2) is 36.1 Å². The average Bonchev–Trinajstić information content (AvgIpc) is 2.62. The molecule has 24 heavy (non-hydrogen) atoms. The molecule has 0 fully saturated rings. The van der Waals surface area contributed by atoms with Gasteiger partial charge in [0.05, 0.1) is 6.04 Å². The third-order valence-electron chi connectivity index (χ3n) is 3.45. The van der Waals surface area contributed by atoms with Crippen molar-refractivity contribution in [1.29, 1.82) is 0 Å². The summed E-state index contributed by atoms with van der Waals surface area (Å²) in [5, 5.41) is 40.7. The summed E-state index contributed by atoms with van der Waals surface area (Å²) in [4.78, 5) is 11.4. The first-order valence-corrected chi connectivity index (χ1v) is 8.09. The number of allylic oxidation sites excluding steroid dienone is 3. The number of hydrogen-bond acceptors (Lipinski definition) is 6. The third kappa shape index (κ3) is 7.74. The molecule has 1 aliphatic heterocycles. The molecule has 7 nitrogen and oxygen atoms in total. The van der Waals surface area contributed by atoms with Gasteiger partial charge >= 0.3 is 5.97 Å². The summed E-state index contributed by atoms with van der Waals surface area (Å²) < 4.78 is 0. The van der Waals surface area contributed by atoms with Gasteiger partial charge in [-0.1, -0.05) is 38.2 Å². The molecule has 0 aromatic rings.